The third kappa shape index (κ3) is 4.46. The van der Waals surface area contributed by atoms with Gasteiger partial charge in [-0.25, -0.2) is 0 Å². The van der Waals surface area contributed by atoms with E-state index < -0.39 is 0 Å². The molecule has 0 radical (unpaired) electrons. The van der Waals surface area contributed by atoms with Crippen LogP contribution in [-0.2, 0) is 4.79 Å². The normalized spacial score (nSPS) is 30.1. The first kappa shape index (κ1) is 14.8. The molecule has 0 spiro atoms. The summed E-state index contributed by atoms with van der Waals surface area (Å²) in [7, 11) is 0. The Labute approximate surface area is 116 Å². The van der Waals surface area contributed by atoms with Gasteiger partial charge in [-0.2, -0.15) is 0 Å². The predicted octanol–water partition coefficient (Wildman–Crippen LogP) is 1.58. The fraction of sp³-hybridized carbons (Fsp3) is 0.933. The van der Waals surface area contributed by atoms with Crippen molar-refractivity contribution >= 4 is 5.91 Å². The molecule has 2 rings (SSSR count). The lowest BCUT2D eigenvalue weighted by Gasteiger charge is -2.24. The number of carbonyl (C=O) groups excluding carboxylic acids is 1. The van der Waals surface area contributed by atoms with Crippen LogP contribution >= 0.6 is 0 Å². The van der Waals surface area contributed by atoms with Crippen LogP contribution in [0.1, 0.15) is 57.8 Å². The highest BCUT2D eigenvalue weighted by Crippen LogP contribution is 2.33. The molecule has 0 aromatic carbocycles. The number of carbonyl (C=O) groups is 1. The molecule has 1 amide bonds. The fourth-order valence-corrected chi connectivity index (χ4v) is 3.45. The summed E-state index contributed by atoms with van der Waals surface area (Å²) in [5.74, 6) is 0.922. The van der Waals surface area contributed by atoms with Crippen molar-refractivity contribution in [1.29, 1.82) is 0 Å². The Kier molecular flexibility index (Phi) is 6.11. The highest BCUT2D eigenvalue weighted by molar-refractivity contribution is 5.82. The molecule has 0 aromatic rings. The number of aliphatic hydroxyl groups is 1. The first-order chi connectivity index (χ1) is 9.31. The summed E-state index contributed by atoms with van der Waals surface area (Å²) in [6.45, 7) is 1.05. The number of rotatable bonds is 7. The summed E-state index contributed by atoms with van der Waals surface area (Å²) >= 11 is 0. The first-order valence-electron chi connectivity index (χ1n) is 7.96. The second-order valence-corrected chi connectivity index (χ2v) is 6.03. The highest BCUT2D eigenvalue weighted by atomic mass is 16.2. The molecule has 19 heavy (non-hydrogen) atoms. The van der Waals surface area contributed by atoms with Gasteiger partial charge in [-0.05, 0) is 38.0 Å². The molecule has 3 N–H and O–H groups in total. The minimum atomic E-state index is 0.0468. The Balaban J connectivity index is 1.59. The SMILES string of the molecule is O=C(NCCCCCCO)C1CC2CCCCC2N1. The zero-order valence-corrected chi connectivity index (χ0v) is 11.9. The summed E-state index contributed by atoms with van der Waals surface area (Å²) in [6, 6.07) is 0.639. The smallest absolute Gasteiger partial charge is 0.237 e. The number of amides is 1. The van der Waals surface area contributed by atoms with E-state index in [2.05, 4.69) is 10.6 Å². The number of aliphatic hydroxyl groups excluding tert-OH is 1. The lowest BCUT2D eigenvalue weighted by atomic mass is 9.85. The monoisotopic (exact) mass is 268 g/mol. The fourth-order valence-electron chi connectivity index (χ4n) is 3.45. The van der Waals surface area contributed by atoms with E-state index in [1.54, 1.807) is 0 Å². The van der Waals surface area contributed by atoms with Crippen molar-refractivity contribution in [2.24, 2.45) is 5.92 Å². The number of unbranched alkanes of at least 4 members (excludes halogenated alkanes) is 3. The average molecular weight is 268 g/mol. The molecule has 3 unspecified atom stereocenters. The van der Waals surface area contributed by atoms with Gasteiger partial charge in [0.25, 0.3) is 0 Å². The van der Waals surface area contributed by atoms with Crippen LogP contribution in [0.2, 0.25) is 0 Å². The van der Waals surface area contributed by atoms with Crippen LogP contribution in [0.3, 0.4) is 0 Å². The van der Waals surface area contributed by atoms with Crippen LogP contribution < -0.4 is 10.6 Å². The van der Waals surface area contributed by atoms with Crippen molar-refractivity contribution in [2.45, 2.75) is 69.9 Å². The van der Waals surface area contributed by atoms with Crippen molar-refractivity contribution in [1.82, 2.24) is 10.6 Å². The Morgan fingerprint density at radius 1 is 1.16 bits per heavy atom. The van der Waals surface area contributed by atoms with Crippen molar-refractivity contribution in [3.05, 3.63) is 0 Å². The summed E-state index contributed by atoms with van der Waals surface area (Å²) in [5.41, 5.74) is 0. The maximum absolute atomic E-state index is 12.1. The zero-order chi connectivity index (χ0) is 13.5. The summed E-state index contributed by atoms with van der Waals surface area (Å²) in [4.78, 5) is 12.1. The molecule has 4 heteroatoms. The van der Waals surface area contributed by atoms with E-state index in [4.69, 9.17) is 5.11 Å². The third-order valence-corrected chi connectivity index (χ3v) is 4.56. The van der Waals surface area contributed by atoms with Crippen LogP contribution in [0.25, 0.3) is 0 Å². The average Bonchev–Trinajstić information content (AvgIpc) is 2.86. The van der Waals surface area contributed by atoms with E-state index in [-0.39, 0.29) is 18.6 Å². The van der Waals surface area contributed by atoms with Crippen molar-refractivity contribution in [2.75, 3.05) is 13.2 Å². The highest BCUT2D eigenvalue weighted by Gasteiger charge is 2.37. The van der Waals surface area contributed by atoms with E-state index in [1.807, 2.05) is 0 Å². The van der Waals surface area contributed by atoms with Gasteiger partial charge in [0.15, 0.2) is 0 Å². The Morgan fingerprint density at radius 3 is 2.74 bits per heavy atom. The number of nitrogens with one attached hydrogen (secondary N) is 2. The molecule has 1 saturated carbocycles. The molecule has 0 bridgehead atoms. The molecule has 110 valence electrons. The van der Waals surface area contributed by atoms with E-state index >= 15 is 0 Å². The van der Waals surface area contributed by atoms with Crippen molar-refractivity contribution < 1.29 is 9.90 Å². The maximum atomic E-state index is 12.1. The second kappa shape index (κ2) is 7.85. The van der Waals surface area contributed by atoms with E-state index in [1.165, 1.54) is 25.7 Å². The quantitative estimate of drug-likeness (QED) is 0.614. The van der Waals surface area contributed by atoms with Crippen LogP contribution in [0.15, 0.2) is 0 Å². The molecule has 4 nitrogen and oxygen atoms in total. The van der Waals surface area contributed by atoms with Gasteiger partial charge in [0.05, 0.1) is 6.04 Å². The lowest BCUT2D eigenvalue weighted by Crippen LogP contribution is -2.43. The first-order valence-corrected chi connectivity index (χ1v) is 7.96. The number of fused-ring (bicyclic) bond motifs is 1. The van der Waals surface area contributed by atoms with Gasteiger partial charge >= 0.3 is 0 Å². The van der Waals surface area contributed by atoms with Gasteiger partial charge in [0, 0.05) is 19.2 Å². The molecule has 1 aliphatic carbocycles. The maximum Gasteiger partial charge on any atom is 0.237 e. The molecule has 2 fully saturated rings. The molecular formula is C15H28N2O2. The van der Waals surface area contributed by atoms with Gasteiger partial charge in [0.2, 0.25) is 5.91 Å². The Bertz CT molecular complexity index is 269. The summed E-state index contributed by atoms with van der Waals surface area (Å²) < 4.78 is 0. The number of hydrogen-bond donors (Lipinski definition) is 3. The molecule has 1 heterocycles. The van der Waals surface area contributed by atoms with Gasteiger partial charge in [-0.1, -0.05) is 25.7 Å². The molecule has 3 atom stereocenters. The van der Waals surface area contributed by atoms with Crippen molar-refractivity contribution in [3.8, 4) is 0 Å². The van der Waals surface area contributed by atoms with Gasteiger partial charge in [-0.15, -0.1) is 0 Å². The second-order valence-electron chi connectivity index (χ2n) is 6.03. The minimum Gasteiger partial charge on any atom is -0.396 e. The van der Waals surface area contributed by atoms with Gasteiger partial charge in [0.1, 0.15) is 0 Å². The van der Waals surface area contributed by atoms with Crippen LogP contribution in [0.4, 0.5) is 0 Å². The molecule has 1 aliphatic heterocycles. The minimum absolute atomic E-state index is 0.0468. The molecule has 1 saturated heterocycles. The van der Waals surface area contributed by atoms with Gasteiger partial charge < -0.3 is 15.7 Å². The Hall–Kier alpha value is -0.610. The van der Waals surface area contributed by atoms with Crippen LogP contribution in [0.5, 0.6) is 0 Å². The summed E-state index contributed by atoms with van der Waals surface area (Å²) in [6.07, 6.45) is 10.3. The Morgan fingerprint density at radius 2 is 1.95 bits per heavy atom. The van der Waals surface area contributed by atoms with Crippen LogP contribution in [-0.4, -0.2) is 36.2 Å². The largest absolute Gasteiger partial charge is 0.396 e. The van der Waals surface area contributed by atoms with E-state index in [0.29, 0.717) is 6.04 Å². The van der Waals surface area contributed by atoms with E-state index in [0.717, 1.165) is 44.6 Å². The summed E-state index contributed by atoms with van der Waals surface area (Å²) in [5, 5.41) is 15.2. The number of hydrogen-bond acceptors (Lipinski definition) is 3. The van der Waals surface area contributed by atoms with Crippen LogP contribution in [0, 0.1) is 5.92 Å². The molecule has 2 aliphatic rings. The zero-order valence-electron chi connectivity index (χ0n) is 11.9. The lowest BCUT2D eigenvalue weighted by molar-refractivity contribution is -0.122. The van der Waals surface area contributed by atoms with Crippen molar-refractivity contribution in [3.63, 3.8) is 0 Å². The standard InChI is InChI=1S/C15H28N2O2/c18-10-6-2-1-5-9-16-15(19)14-11-12-7-3-4-8-13(12)17-14/h12-14,17-18H,1-11H2,(H,16,19). The third-order valence-electron chi connectivity index (χ3n) is 4.56. The predicted molar refractivity (Wildman–Crippen MR) is 75.9 cm³/mol. The van der Waals surface area contributed by atoms with Gasteiger partial charge in [-0.3, -0.25) is 4.79 Å². The molecular weight excluding hydrogens is 240 g/mol. The topological polar surface area (TPSA) is 61.4 Å². The molecule has 0 aromatic heterocycles. The van der Waals surface area contributed by atoms with E-state index in [9.17, 15) is 4.79 Å².